The lowest BCUT2D eigenvalue weighted by Crippen LogP contribution is -2.13. The Kier molecular flexibility index (Phi) is 4.38. The Morgan fingerprint density at radius 1 is 1.07 bits per heavy atom. The summed E-state index contributed by atoms with van der Waals surface area (Å²) in [5.74, 6) is 5.47. The standard InChI is InChI=1S/C17H12ClN7O3/c18-8-2-1-3-9(6-8)20-15-14(21-16-17(22-15)25-28-24-16)13(23-19)11-5-4-10(26)7-12(11)27/h1-7,26-27H,19H2,(H,20,22,25)/b23-13+. The van der Waals surface area contributed by atoms with Gasteiger partial charge in [-0.25, -0.2) is 14.6 Å². The molecule has 0 unspecified atom stereocenters. The maximum atomic E-state index is 10.2. The van der Waals surface area contributed by atoms with Gasteiger partial charge in [0.1, 0.15) is 22.9 Å². The molecule has 5 N–H and O–H groups in total. The van der Waals surface area contributed by atoms with Gasteiger partial charge in [-0.05, 0) is 40.6 Å². The van der Waals surface area contributed by atoms with E-state index in [9.17, 15) is 10.2 Å². The van der Waals surface area contributed by atoms with E-state index >= 15 is 0 Å². The molecule has 140 valence electrons. The molecule has 0 atom stereocenters. The van der Waals surface area contributed by atoms with E-state index in [-0.39, 0.29) is 45.6 Å². The normalized spacial score (nSPS) is 11.7. The van der Waals surface area contributed by atoms with Gasteiger partial charge in [-0.2, -0.15) is 5.10 Å². The number of anilines is 2. The van der Waals surface area contributed by atoms with Crippen molar-refractivity contribution in [1.29, 1.82) is 0 Å². The van der Waals surface area contributed by atoms with Crippen LogP contribution in [-0.2, 0) is 0 Å². The van der Waals surface area contributed by atoms with Crippen LogP contribution in [0, 0.1) is 0 Å². The maximum absolute atomic E-state index is 10.2. The number of hydrogen-bond acceptors (Lipinski definition) is 10. The molecule has 0 amide bonds. The molecule has 0 saturated heterocycles. The average Bonchev–Trinajstić information content (AvgIpc) is 3.11. The zero-order valence-corrected chi connectivity index (χ0v) is 14.8. The van der Waals surface area contributed by atoms with Crippen molar-refractivity contribution < 1.29 is 14.8 Å². The van der Waals surface area contributed by atoms with Crippen LogP contribution in [0.2, 0.25) is 5.02 Å². The van der Waals surface area contributed by atoms with Crippen LogP contribution in [0.25, 0.3) is 11.3 Å². The highest BCUT2D eigenvalue weighted by Crippen LogP contribution is 2.29. The molecule has 0 aliphatic rings. The molecule has 0 aliphatic heterocycles. The lowest BCUT2D eigenvalue weighted by Gasteiger charge is -2.12. The Morgan fingerprint density at radius 2 is 1.86 bits per heavy atom. The highest BCUT2D eigenvalue weighted by molar-refractivity contribution is 6.30. The quantitative estimate of drug-likeness (QED) is 0.231. The average molecular weight is 398 g/mol. The van der Waals surface area contributed by atoms with Gasteiger partial charge in [0.15, 0.2) is 5.82 Å². The van der Waals surface area contributed by atoms with Crippen molar-refractivity contribution in [2.45, 2.75) is 0 Å². The van der Waals surface area contributed by atoms with Gasteiger partial charge in [0, 0.05) is 22.3 Å². The summed E-state index contributed by atoms with van der Waals surface area (Å²) in [5.41, 5.74) is 1.46. The van der Waals surface area contributed by atoms with Gasteiger partial charge in [-0.1, -0.05) is 17.7 Å². The number of nitrogens with one attached hydrogen (secondary N) is 1. The largest absolute Gasteiger partial charge is 0.508 e. The third-order valence-corrected chi connectivity index (χ3v) is 4.03. The molecule has 28 heavy (non-hydrogen) atoms. The van der Waals surface area contributed by atoms with Gasteiger partial charge in [0.2, 0.25) is 11.3 Å². The topological polar surface area (TPSA) is 156 Å². The van der Waals surface area contributed by atoms with Crippen molar-refractivity contribution in [2.75, 3.05) is 5.32 Å². The van der Waals surface area contributed by atoms with Gasteiger partial charge < -0.3 is 21.4 Å². The molecule has 10 nitrogen and oxygen atoms in total. The molecule has 4 aromatic rings. The van der Waals surface area contributed by atoms with Crippen LogP contribution in [0.4, 0.5) is 11.5 Å². The molecule has 2 heterocycles. The predicted molar refractivity (Wildman–Crippen MR) is 102 cm³/mol. The minimum absolute atomic E-state index is 0.111. The van der Waals surface area contributed by atoms with Crippen LogP contribution < -0.4 is 11.2 Å². The summed E-state index contributed by atoms with van der Waals surface area (Å²) in [4.78, 5) is 8.71. The van der Waals surface area contributed by atoms with Gasteiger partial charge in [-0.3, -0.25) is 0 Å². The SMILES string of the molecule is N/N=C(\c1ccc(O)cc1O)c1nc2nonc2nc1Nc1cccc(Cl)c1. The minimum atomic E-state index is -0.238. The fourth-order valence-electron chi connectivity index (χ4n) is 2.57. The molecule has 11 heteroatoms. The summed E-state index contributed by atoms with van der Waals surface area (Å²) in [6.45, 7) is 0. The number of halogens is 1. The Morgan fingerprint density at radius 3 is 2.57 bits per heavy atom. The molecule has 0 bridgehead atoms. The van der Waals surface area contributed by atoms with Crippen LogP contribution >= 0.6 is 11.6 Å². The minimum Gasteiger partial charge on any atom is -0.508 e. The molecule has 0 spiro atoms. The van der Waals surface area contributed by atoms with Crippen LogP contribution in [0.3, 0.4) is 0 Å². The molecular formula is C17H12ClN7O3. The van der Waals surface area contributed by atoms with Crippen LogP contribution in [0.15, 0.2) is 52.2 Å². The van der Waals surface area contributed by atoms with Crippen LogP contribution in [0.1, 0.15) is 11.3 Å². The first-order chi connectivity index (χ1) is 13.5. The second-order valence-corrected chi connectivity index (χ2v) is 6.08. The summed E-state index contributed by atoms with van der Waals surface area (Å²) in [6, 6.07) is 11.0. The summed E-state index contributed by atoms with van der Waals surface area (Å²) in [7, 11) is 0. The monoisotopic (exact) mass is 397 g/mol. The molecule has 0 radical (unpaired) electrons. The Balaban J connectivity index is 1.88. The van der Waals surface area contributed by atoms with Crippen LogP contribution in [-0.4, -0.2) is 36.2 Å². The summed E-state index contributed by atoms with van der Waals surface area (Å²) in [5, 5.41) is 34.5. The number of rotatable bonds is 4. The molecular weight excluding hydrogens is 386 g/mol. The smallest absolute Gasteiger partial charge is 0.245 e. The Hall–Kier alpha value is -3.92. The van der Waals surface area contributed by atoms with Gasteiger partial charge >= 0.3 is 0 Å². The lowest BCUT2D eigenvalue weighted by atomic mass is 10.1. The van der Waals surface area contributed by atoms with E-state index in [0.717, 1.165) is 6.07 Å². The number of nitrogens with two attached hydrogens (primary N) is 1. The van der Waals surface area contributed by atoms with E-state index in [0.29, 0.717) is 10.7 Å². The first-order valence-corrected chi connectivity index (χ1v) is 8.26. The molecule has 2 aromatic carbocycles. The zero-order valence-electron chi connectivity index (χ0n) is 14.0. The van der Waals surface area contributed by atoms with E-state index < -0.39 is 0 Å². The van der Waals surface area contributed by atoms with Gasteiger partial charge in [-0.15, -0.1) is 0 Å². The van der Waals surface area contributed by atoms with Crippen molar-refractivity contribution in [1.82, 2.24) is 20.3 Å². The van der Waals surface area contributed by atoms with Crippen molar-refractivity contribution >= 4 is 40.1 Å². The summed E-state index contributed by atoms with van der Waals surface area (Å²) < 4.78 is 4.68. The third kappa shape index (κ3) is 3.23. The van der Waals surface area contributed by atoms with Gasteiger partial charge in [0.25, 0.3) is 0 Å². The molecule has 0 aliphatic carbocycles. The van der Waals surface area contributed by atoms with Crippen molar-refractivity contribution in [3.05, 3.63) is 58.7 Å². The van der Waals surface area contributed by atoms with E-state index in [1.165, 1.54) is 12.1 Å². The van der Waals surface area contributed by atoms with E-state index in [1.807, 2.05) is 0 Å². The van der Waals surface area contributed by atoms with Crippen LogP contribution in [0.5, 0.6) is 11.5 Å². The highest BCUT2D eigenvalue weighted by atomic mass is 35.5. The second-order valence-electron chi connectivity index (χ2n) is 5.65. The lowest BCUT2D eigenvalue weighted by molar-refractivity contribution is 0.314. The molecule has 4 rings (SSSR count). The van der Waals surface area contributed by atoms with E-state index in [2.05, 4.69) is 35.3 Å². The fourth-order valence-corrected chi connectivity index (χ4v) is 2.76. The fraction of sp³-hybridized carbons (Fsp3) is 0. The first kappa shape index (κ1) is 17.5. The Bertz CT molecular complexity index is 1210. The summed E-state index contributed by atoms with van der Waals surface area (Å²) in [6.07, 6.45) is 0. The number of phenolic OH excluding ortho intramolecular Hbond substituents is 2. The van der Waals surface area contributed by atoms with Crippen molar-refractivity contribution in [3.8, 4) is 11.5 Å². The zero-order chi connectivity index (χ0) is 19.7. The predicted octanol–water partition coefficient (Wildman–Crippen LogP) is 2.53. The Labute approximate surface area is 162 Å². The highest BCUT2D eigenvalue weighted by Gasteiger charge is 2.21. The van der Waals surface area contributed by atoms with Crippen molar-refractivity contribution in [2.24, 2.45) is 10.9 Å². The number of hydrogen-bond donors (Lipinski definition) is 4. The molecule has 0 saturated carbocycles. The number of benzene rings is 2. The number of aromatic nitrogens is 4. The third-order valence-electron chi connectivity index (χ3n) is 3.79. The summed E-state index contributed by atoms with van der Waals surface area (Å²) >= 11 is 6.04. The number of hydrazone groups is 1. The number of fused-ring (bicyclic) bond motifs is 1. The maximum Gasteiger partial charge on any atom is 0.245 e. The first-order valence-electron chi connectivity index (χ1n) is 7.88. The number of nitrogens with zero attached hydrogens (tertiary/aromatic N) is 5. The van der Waals surface area contributed by atoms with E-state index in [4.69, 9.17) is 17.4 Å². The molecule has 2 aromatic heterocycles. The number of aromatic hydroxyl groups is 2. The van der Waals surface area contributed by atoms with E-state index in [1.54, 1.807) is 24.3 Å². The van der Waals surface area contributed by atoms with Crippen molar-refractivity contribution in [3.63, 3.8) is 0 Å². The van der Waals surface area contributed by atoms with Gasteiger partial charge in [0.05, 0.1) is 0 Å². The molecule has 0 fully saturated rings. The second kappa shape index (κ2) is 7.00. The number of phenols is 2.